The van der Waals surface area contributed by atoms with Crippen molar-refractivity contribution in [3.05, 3.63) is 0 Å². The van der Waals surface area contributed by atoms with Crippen molar-refractivity contribution in [3.8, 4) is 0 Å². The van der Waals surface area contributed by atoms with Crippen molar-refractivity contribution in [2.75, 3.05) is 6.26 Å². The van der Waals surface area contributed by atoms with Crippen LogP contribution in [0.4, 0.5) is 0 Å². The average Bonchev–Trinajstić information content (AvgIpc) is 1.61. The van der Waals surface area contributed by atoms with Gasteiger partial charge in [0, 0.05) is 0 Å². The first-order valence-electron chi connectivity index (χ1n) is 2.40. The minimum absolute atomic E-state index is 1.33. The molecule has 0 aliphatic heterocycles. The smallest absolute Gasteiger partial charge is 0.191 e. The van der Waals surface area contributed by atoms with Gasteiger partial charge in [0.25, 0.3) is 0 Å². The van der Waals surface area contributed by atoms with Crippen LogP contribution in [-0.2, 0) is 0 Å². The van der Waals surface area contributed by atoms with Crippen molar-refractivity contribution in [2.24, 2.45) is 0 Å². The SMILES string of the molecule is CCCBSC. The van der Waals surface area contributed by atoms with Gasteiger partial charge in [-0.2, -0.15) is 0 Å². The minimum atomic E-state index is 1.33. The minimum Gasteiger partial charge on any atom is -0.218 e. The molecular weight excluding hydrogens is 90.9 g/mol. The molecule has 6 heavy (non-hydrogen) atoms. The van der Waals surface area contributed by atoms with Crippen LogP contribution in [0.1, 0.15) is 13.3 Å². The Morgan fingerprint density at radius 3 is 2.50 bits per heavy atom. The Labute approximate surface area is 44.8 Å². The van der Waals surface area contributed by atoms with Crippen LogP contribution in [0.3, 0.4) is 0 Å². The normalized spacial score (nSPS) is 8.33. The Bertz CT molecular complexity index is 19.5. The molecular formula is C4H11BS. The lowest BCUT2D eigenvalue weighted by Crippen LogP contribution is -1.75. The fourth-order valence-electron chi connectivity index (χ4n) is 0.289. The van der Waals surface area contributed by atoms with Gasteiger partial charge in [0.1, 0.15) is 0 Å². The fraction of sp³-hybridized carbons (Fsp3) is 1.00. The summed E-state index contributed by atoms with van der Waals surface area (Å²) in [6.07, 6.45) is 4.86. The van der Waals surface area contributed by atoms with E-state index in [1.807, 2.05) is 11.6 Å². The molecule has 0 atom stereocenters. The molecule has 36 valence electrons. The maximum absolute atomic E-state index is 2.22. The van der Waals surface area contributed by atoms with Crippen molar-refractivity contribution in [2.45, 2.75) is 19.7 Å². The van der Waals surface area contributed by atoms with Crippen molar-refractivity contribution >= 4 is 18.2 Å². The molecule has 0 nitrogen and oxygen atoms in total. The van der Waals surface area contributed by atoms with E-state index < -0.39 is 0 Å². The van der Waals surface area contributed by atoms with E-state index in [-0.39, 0.29) is 0 Å². The van der Waals surface area contributed by atoms with Gasteiger partial charge in [-0.1, -0.05) is 19.7 Å². The summed E-state index contributed by atoms with van der Waals surface area (Å²) < 4.78 is 0. The van der Waals surface area contributed by atoms with Crippen molar-refractivity contribution in [1.29, 1.82) is 0 Å². The van der Waals surface area contributed by atoms with Gasteiger partial charge in [0.2, 0.25) is 0 Å². The number of rotatable bonds is 3. The van der Waals surface area contributed by atoms with Crippen LogP contribution in [-0.4, -0.2) is 12.8 Å². The summed E-state index contributed by atoms with van der Waals surface area (Å²) in [7, 11) is 0. The van der Waals surface area contributed by atoms with Crippen LogP contribution in [0, 0.1) is 0 Å². The largest absolute Gasteiger partial charge is 0.218 e. The van der Waals surface area contributed by atoms with Crippen LogP contribution in [0.2, 0.25) is 6.32 Å². The Balaban J connectivity index is 2.34. The third kappa shape index (κ3) is 4.41. The number of hydrogen-bond acceptors (Lipinski definition) is 1. The molecule has 0 aromatic carbocycles. The van der Waals surface area contributed by atoms with E-state index in [0.717, 1.165) is 0 Å². The van der Waals surface area contributed by atoms with Crippen LogP contribution in [0.25, 0.3) is 0 Å². The van der Waals surface area contributed by atoms with Crippen molar-refractivity contribution in [3.63, 3.8) is 0 Å². The van der Waals surface area contributed by atoms with Gasteiger partial charge < -0.3 is 0 Å². The van der Waals surface area contributed by atoms with Crippen LogP contribution < -0.4 is 0 Å². The third-order valence-corrected chi connectivity index (χ3v) is 1.40. The van der Waals surface area contributed by atoms with Gasteiger partial charge in [-0.05, 0) is 6.26 Å². The molecule has 0 rings (SSSR count). The van der Waals surface area contributed by atoms with Gasteiger partial charge >= 0.3 is 0 Å². The first-order valence-corrected chi connectivity index (χ1v) is 3.80. The second-order valence-electron chi connectivity index (χ2n) is 1.35. The highest BCUT2D eigenvalue weighted by Gasteiger charge is 1.79. The summed E-state index contributed by atoms with van der Waals surface area (Å²) in [6, 6.07) is 0. The van der Waals surface area contributed by atoms with Gasteiger partial charge in [-0.25, -0.2) is 11.6 Å². The predicted octanol–water partition coefficient (Wildman–Crippen LogP) is 1.53. The molecule has 0 unspecified atom stereocenters. The molecule has 0 saturated heterocycles. The van der Waals surface area contributed by atoms with Gasteiger partial charge in [0.05, 0.1) is 0 Å². The predicted molar refractivity (Wildman–Crippen MR) is 35.8 cm³/mol. The molecule has 2 heteroatoms. The van der Waals surface area contributed by atoms with Gasteiger partial charge in [-0.3, -0.25) is 0 Å². The Morgan fingerprint density at radius 1 is 1.67 bits per heavy atom. The monoisotopic (exact) mass is 102 g/mol. The zero-order valence-electron chi connectivity index (χ0n) is 4.53. The molecule has 0 radical (unpaired) electrons. The molecule has 0 aromatic rings. The van der Waals surface area contributed by atoms with Crippen LogP contribution in [0.15, 0.2) is 0 Å². The summed E-state index contributed by atoms with van der Waals surface area (Å²) in [5, 5.41) is 0. The molecule has 0 N–H and O–H groups in total. The molecule has 0 saturated carbocycles. The first kappa shape index (κ1) is 6.41. The summed E-state index contributed by atoms with van der Waals surface area (Å²) in [4.78, 5) is 0. The van der Waals surface area contributed by atoms with E-state index >= 15 is 0 Å². The lowest BCUT2D eigenvalue weighted by Gasteiger charge is -1.83. The van der Waals surface area contributed by atoms with E-state index in [1.54, 1.807) is 0 Å². The molecule has 0 heterocycles. The standard InChI is InChI=1S/C4H11BS/c1-3-4-5-6-2/h5H,3-4H2,1-2H3. The molecule has 0 fully saturated rings. The van der Waals surface area contributed by atoms with Crippen molar-refractivity contribution in [1.82, 2.24) is 0 Å². The summed E-state index contributed by atoms with van der Waals surface area (Å²) in [5.74, 6) is 0. The number of hydrogen-bond donors (Lipinski definition) is 0. The van der Waals surface area contributed by atoms with E-state index in [1.165, 1.54) is 19.3 Å². The zero-order valence-corrected chi connectivity index (χ0v) is 5.35. The van der Waals surface area contributed by atoms with Crippen LogP contribution >= 0.6 is 11.6 Å². The molecule has 0 spiro atoms. The average molecular weight is 102 g/mol. The maximum Gasteiger partial charge on any atom is 0.191 e. The molecule has 0 amide bonds. The van der Waals surface area contributed by atoms with E-state index in [4.69, 9.17) is 0 Å². The van der Waals surface area contributed by atoms with Crippen LogP contribution in [0.5, 0.6) is 0 Å². The summed E-state index contributed by atoms with van der Waals surface area (Å²) in [5.41, 5.74) is 0. The Hall–Kier alpha value is 0.415. The second kappa shape index (κ2) is 5.41. The zero-order chi connectivity index (χ0) is 4.83. The van der Waals surface area contributed by atoms with E-state index in [9.17, 15) is 0 Å². The molecule has 0 aliphatic rings. The lowest BCUT2D eigenvalue weighted by atomic mass is 10.0. The molecule has 0 aromatic heterocycles. The topological polar surface area (TPSA) is 0 Å². The van der Waals surface area contributed by atoms with E-state index in [0.29, 0.717) is 0 Å². The molecule has 0 bridgehead atoms. The van der Waals surface area contributed by atoms with Gasteiger partial charge in [-0.15, -0.1) is 0 Å². The maximum atomic E-state index is 2.22. The highest BCUT2D eigenvalue weighted by molar-refractivity contribution is 8.21. The highest BCUT2D eigenvalue weighted by Crippen LogP contribution is 1.94. The summed E-state index contributed by atoms with van der Waals surface area (Å²) >= 11 is 1.93. The highest BCUT2D eigenvalue weighted by atomic mass is 32.2. The second-order valence-corrected chi connectivity index (χ2v) is 2.33. The quantitative estimate of drug-likeness (QED) is 0.384. The van der Waals surface area contributed by atoms with Crippen molar-refractivity contribution < 1.29 is 0 Å². The Kier molecular flexibility index (Phi) is 5.79. The van der Waals surface area contributed by atoms with Gasteiger partial charge in [0.15, 0.2) is 6.56 Å². The first-order chi connectivity index (χ1) is 2.91. The van der Waals surface area contributed by atoms with E-state index in [2.05, 4.69) is 13.2 Å². The summed E-state index contributed by atoms with van der Waals surface area (Å²) in [6.45, 7) is 3.55. The lowest BCUT2D eigenvalue weighted by molar-refractivity contribution is 1.08. The third-order valence-electron chi connectivity index (χ3n) is 0.702. The molecule has 0 aliphatic carbocycles. The Morgan fingerprint density at radius 2 is 2.33 bits per heavy atom. The fourth-order valence-corrected chi connectivity index (χ4v) is 0.866.